The maximum atomic E-state index is 13.0. The van der Waals surface area contributed by atoms with Crippen molar-refractivity contribution in [2.24, 2.45) is 11.8 Å². The van der Waals surface area contributed by atoms with E-state index in [-0.39, 0.29) is 30.4 Å². The summed E-state index contributed by atoms with van der Waals surface area (Å²) in [5.41, 5.74) is -0.539. The first kappa shape index (κ1) is 24.0. The molecule has 0 saturated carbocycles. The molecule has 0 aromatic carbocycles. The summed E-state index contributed by atoms with van der Waals surface area (Å²) in [5, 5.41) is 2.68. The van der Waals surface area contributed by atoms with Crippen LogP contribution in [0.4, 0.5) is 9.59 Å². The minimum Gasteiger partial charge on any atom is -0.450 e. The van der Waals surface area contributed by atoms with Gasteiger partial charge in [0, 0.05) is 26.7 Å². The Balaban J connectivity index is 2.68. The summed E-state index contributed by atoms with van der Waals surface area (Å²) >= 11 is 0. The molecule has 28 heavy (non-hydrogen) atoms. The molecular formula is C20H37N3O5. The SMILES string of the molecule is CCOC(=O)NC(C(=O)N1CCCC(CN(C)C(=O)OC(C)(C)C)C1)C(C)C. The summed E-state index contributed by atoms with van der Waals surface area (Å²) in [5.74, 6) is 0.0139. The Hall–Kier alpha value is -1.99. The van der Waals surface area contributed by atoms with Crippen molar-refractivity contribution in [3.8, 4) is 0 Å². The average molecular weight is 400 g/mol. The van der Waals surface area contributed by atoms with Crippen molar-refractivity contribution in [2.75, 3.05) is 33.3 Å². The van der Waals surface area contributed by atoms with E-state index in [0.29, 0.717) is 19.6 Å². The predicted octanol–water partition coefficient (Wildman–Crippen LogP) is 2.86. The Labute approximate surface area is 168 Å². The van der Waals surface area contributed by atoms with Crippen molar-refractivity contribution >= 4 is 18.1 Å². The first-order valence-corrected chi connectivity index (χ1v) is 10.1. The highest BCUT2D eigenvalue weighted by Crippen LogP contribution is 2.20. The quantitative estimate of drug-likeness (QED) is 0.742. The molecule has 1 rings (SSSR count). The smallest absolute Gasteiger partial charge is 0.410 e. The number of nitrogens with zero attached hydrogens (tertiary/aromatic N) is 2. The number of nitrogens with one attached hydrogen (secondary N) is 1. The van der Waals surface area contributed by atoms with Crippen LogP contribution in [0.2, 0.25) is 0 Å². The lowest BCUT2D eigenvalue weighted by Gasteiger charge is -2.37. The third-order valence-corrected chi connectivity index (χ3v) is 4.55. The molecule has 0 radical (unpaired) electrons. The summed E-state index contributed by atoms with van der Waals surface area (Å²) in [7, 11) is 1.72. The number of hydrogen-bond acceptors (Lipinski definition) is 5. The lowest BCUT2D eigenvalue weighted by molar-refractivity contribution is -0.136. The Morgan fingerprint density at radius 3 is 2.43 bits per heavy atom. The summed E-state index contributed by atoms with van der Waals surface area (Å²) in [6.07, 6.45) is 0.866. The second kappa shape index (κ2) is 10.5. The number of piperidine rings is 1. The van der Waals surface area contributed by atoms with Crippen molar-refractivity contribution in [1.29, 1.82) is 0 Å². The molecule has 0 spiro atoms. The van der Waals surface area contributed by atoms with Gasteiger partial charge in [0.05, 0.1) is 6.61 Å². The van der Waals surface area contributed by atoms with Crippen LogP contribution in [0, 0.1) is 11.8 Å². The number of carbonyl (C=O) groups is 3. The van der Waals surface area contributed by atoms with Crippen molar-refractivity contribution in [1.82, 2.24) is 15.1 Å². The van der Waals surface area contributed by atoms with E-state index in [1.807, 2.05) is 34.6 Å². The van der Waals surface area contributed by atoms with Crippen LogP contribution >= 0.6 is 0 Å². The normalized spacial score (nSPS) is 18.4. The Bertz CT molecular complexity index is 544. The van der Waals surface area contributed by atoms with Crippen LogP contribution in [0.5, 0.6) is 0 Å². The van der Waals surface area contributed by atoms with Crippen LogP contribution in [0.1, 0.15) is 54.4 Å². The monoisotopic (exact) mass is 399 g/mol. The molecule has 0 aromatic heterocycles. The fourth-order valence-corrected chi connectivity index (χ4v) is 3.23. The Morgan fingerprint density at radius 2 is 1.89 bits per heavy atom. The highest BCUT2D eigenvalue weighted by Gasteiger charge is 2.33. The van der Waals surface area contributed by atoms with Gasteiger partial charge in [-0.1, -0.05) is 13.8 Å². The number of likely N-dealkylation sites (tertiary alicyclic amines) is 1. The van der Waals surface area contributed by atoms with Gasteiger partial charge in [-0.05, 0) is 52.4 Å². The molecule has 1 heterocycles. The van der Waals surface area contributed by atoms with E-state index in [2.05, 4.69) is 5.32 Å². The van der Waals surface area contributed by atoms with E-state index >= 15 is 0 Å². The zero-order valence-corrected chi connectivity index (χ0v) is 18.4. The maximum Gasteiger partial charge on any atom is 0.410 e. The summed E-state index contributed by atoms with van der Waals surface area (Å²) < 4.78 is 10.3. The third kappa shape index (κ3) is 7.94. The summed E-state index contributed by atoms with van der Waals surface area (Å²) in [6, 6.07) is -0.624. The highest BCUT2D eigenvalue weighted by molar-refractivity contribution is 5.86. The molecule has 162 valence electrons. The molecule has 0 aromatic rings. The number of amides is 3. The van der Waals surface area contributed by atoms with E-state index in [0.717, 1.165) is 12.8 Å². The average Bonchev–Trinajstić information content (AvgIpc) is 2.57. The van der Waals surface area contributed by atoms with Gasteiger partial charge in [0.1, 0.15) is 11.6 Å². The molecule has 0 aliphatic carbocycles. The number of carbonyl (C=O) groups excluding carboxylic acids is 3. The number of alkyl carbamates (subject to hydrolysis) is 1. The topological polar surface area (TPSA) is 88.2 Å². The first-order valence-electron chi connectivity index (χ1n) is 10.1. The minimum absolute atomic E-state index is 0.0540. The predicted molar refractivity (Wildman–Crippen MR) is 107 cm³/mol. The van der Waals surface area contributed by atoms with Crippen molar-refractivity contribution in [2.45, 2.75) is 66.0 Å². The molecule has 3 amide bonds. The minimum atomic E-state index is -0.624. The molecule has 1 aliphatic heterocycles. The van der Waals surface area contributed by atoms with E-state index in [1.165, 1.54) is 0 Å². The van der Waals surface area contributed by atoms with E-state index < -0.39 is 17.7 Å². The standard InChI is InChI=1S/C20H37N3O5/c1-8-27-18(25)21-16(14(2)3)17(24)23-11-9-10-15(13-23)12-22(7)19(26)28-20(4,5)6/h14-16H,8-13H2,1-7H3,(H,21,25). The van der Waals surface area contributed by atoms with Crippen LogP contribution in [-0.2, 0) is 14.3 Å². The van der Waals surface area contributed by atoms with Crippen LogP contribution in [-0.4, -0.2) is 72.8 Å². The molecular weight excluding hydrogens is 362 g/mol. The lowest BCUT2D eigenvalue weighted by atomic mass is 9.95. The van der Waals surface area contributed by atoms with Crippen molar-refractivity contribution in [3.05, 3.63) is 0 Å². The number of ether oxygens (including phenoxy) is 2. The van der Waals surface area contributed by atoms with Gasteiger partial charge in [-0.15, -0.1) is 0 Å². The molecule has 2 atom stereocenters. The van der Waals surface area contributed by atoms with Gasteiger partial charge >= 0.3 is 12.2 Å². The highest BCUT2D eigenvalue weighted by atomic mass is 16.6. The van der Waals surface area contributed by atoms with Gasteiger partial charge < -0.3 is 24.6 Å². The van der Waals surface area contributed by atoms with Gasteiger partial charge in [-0.25, -0.2) is 9.59 Å². The molecule has 8 nitrogen and oxygen atoms in total. The molecule has 8 heteroatoms. The maximum absolute atomic E-state index is 13.0. The van der Waals surface area contributed by atoms with E-state index in [1.54, 1.807) is 23.8 Å². The van der Waals surface area contributed by atoms with Crippen LogP contribution in [0.25, 0.3) is 0 Å². The number of rotatable bonds is 6. The molecule has 1 N–H and O–H groups in total. The molecule has 2 unspecified atom stereocenters. The molecule has 1 fully saturated rings. The van der Waals surface area contributed by atoms with Gasteiger partial charge in [0.25, 0.3) is 0 Å². The van der Waals surface area contributed by atoms with Gasteiger partial charge in [0.15, 0.2) is 0 Å². The summed E-state index contributed by atoms with van der Waals surface area (Å²) in [6.45, 7) is 13.0. The fourth-order valence-electron chi connectivity index (χ4n) is 3.23. The van der Waals surface area contributed by atoms with E-state index in [4.69, 9.17) is 9.47 Å². The van der Waals surface area contributed by atoms with Crippen LogP contribution in [0.3, 0.4) is 0 Å². The van der Waals surface area contributed by atoms with Crippen molar-refractivity contribution < 1.29 is 23.9 Å². The first-order chi connectivity index (χ1) is 12.9. The lowest BCUT2D eigenvalue weighted by Crippen LogP contribution is -2.54. The zero-order chi connectivity index (χ0) is 21.5. The second-order valence-electron chi connectivity index (χ2n) is 8.74. The van der Waals surface area contributed by atoms with E-state index in [9.17, 15) is 14.4 Å². The number of hydrogen-bond donors (Lipinski definition) is 1. The fraction of sp³-hybridized carbons (Fsp3) is 0.850. The van der Waals surface area contributed by atoms with Gasteiger partial charge in [0.2, 0.25) is 5.91 Å². The van der Waals surface area contributed by atoms with Gasteiger partial charge in [-0.3, -0.25) is 4.79 Å². The second-order valence-corrected chi connectivity index (χ2v) is 8.74. The van der Waals surface area contributed by atoms with Crippen LogP contribution in [0.15, 0.2) is 0 Å². The molecule has 1 saturated heterocycles. The van der Waals surface area contributed by atoms with Crippen molar-refractivity contribution in [3.63, 3.8) is 0 Å². The Morgan fingerprint density at radius 1 is 1.25 bits per heavy atom. The van der Waals surface area contributed by atoms with Crippen LogP contribution < -0.4 is 5.32 Å². The van der Waals surface area contributed by atoms with Gasteiger partial charge in [-0.2, -0.15) is 0 Å². The largest absolute Gasteiger partial charge is 0.450 e. The summed E-state index contributed by atoms with van der Waals surface area (Å²) in [4.78, 5) is 40.3. The molecule has 1 aliphatic rings. The Kier molecular flexibility index (Phi) is 9.04. The third-order valence-electron chi connectivity index (χ3n) is 4.55. The molecule has 0 bridgehead atoms. The zero-order valence-electron chi connectivity index (χ0n) is 18.4.